The van der Waals surface area contributed by atoms with Crippen molar-refractivity contribution < 1.29 is 13.9 Å². The van der Waals surface area contributed by atoms with Gasteiger partial charge < -0.3 is 14.5 Å². The Bertz CT molecular complexity index is 1350. The number of nitrogens with one attached hydrogen (secondary N) is 1. The van der Waals surface area contributed by atoms with Gasteiger partial charge >= 0.3 is 0 Å². The third kappa shape index (κ3) is 4.53. The molecular weight excluding hydrogens is 412 g/mol. The monoisotopic (exact) mass is 440 g/mol. The Labute approximate surface area is 194 Å². The first-order valence-corrected chi connectivity index (χ1v) is 10.9. The molecule has 0 spiro atoms. The molecule has 2 heterocycles. The van der Waals surface area contributed by atoms with Gasteiger partial charge in [-0.15, -0.1) is 0 Å². The van der Waals surface area contributed by atoms with Gasteiger partial charge in [-0.05, 0) is 62.1 Å². The average Bonchev–Trinajstić information content (AvgIpc) is 3.22. The number of rotatable bonds is 6. The van der Waals surface area contributed by atoms with E-state index in [1.165, 1.54) is 11.1 Å². The molecule has 1 amide bonds. The average molecular weight is 441 g/mol. The number of furan rings is 1. The number of hydrogen-bond acceptors (Lipinski definition) is 4. The number of nitrogens with zero attached hydrogens (tertiary/aromatic N) is 1. The highest BCUT2D eigenvalue weighted by Crippen LogP contribution is 2.41. The smallest absolute Gasteiger partial charge is 0.244 e. The second-order valence-electron chi connectivity index (χ2n) is 8.33. The first-order chi connectivity index (χ1) is 15.9. The Hall–Kier alpha value is -3.86. The van der Waals surface area contributed by atoms with Crippen molar-refractivity contribution in [3.05, 3.63) is 88.9 Å². The molecule has 0 bridgehead atoms. The van der Waals surface area contributed by atoms with E-state index >= 15 is 0 Å². The van der Waals surface area contributed by atoms with Crippen molar-refractivity contribution in [2.45, 2.75) is 34.2 Å². The third-order valence-electron chi connectivity index (χ3n) is 5.88. The van der Waals surface area contributed by atoms with Crippen LogP contribution in [-0.4, -0.2) is 18.0 Å². The number of hydrogen-bond donors (Lipinski definition) is 1. The maximum atomic E-state index is 12.6. The lowest BCUT2D eigenvalue weighted by molar-refractivity contribution is -0.116. The molecule has 0 aliphatic carbocycles. The summed E-state index contributed by atoms with van der Waals surface area (Å²) in [6.45, 7) is 8.52. The van der Waals surface area contributed by atoms with Crippen LogP contribution in [0.1, 0.15) is 34.7 Å². The number of aromatic nitrogens is 1. The van der Waals surface area contributed by atoms with Crippen molar-refractivity contribution in [3.8, 4) is 16.9 Å². The highest BCUT2D eigenvalue weighted by Gasteiger charge is 2.19. The summed E-state index contributed by atoms with van der Waals surface area (Å²) in [6, 6.07) is 12.2. The van der Waals surface area contributed by atoms with Crippen LogP contribution in [0.3, 0.4) is 0 Å². The lowest BCUT2D eigenvalue weighted by atomic mass is 9.94. The first-order valence-electron chi connectivity index (χ1n) is 10.9. The van der Waals surface area contributed by atoms with Crippen molar-refractivity contribution in [2.24, 2.45) is 0 Å². The Balaban J connectivity index is 1.73. The van der Waals surface area contributed by atoms with Crippen LogP contribution < -0.4 is 10.1 Å². The number of benzene rings is 2. The highest BCUT2D eigenvalue weighted by atomic mass is 16.5. The second kappa shape index (κ2) is 9.33. The summed E-state index contributed by atoms with van der Waals surface area (Å²) in [6.07, 6.45) is 6.86. The van der Waals surface area contributed by atoms with E-state index in [1.54, 1.807) is 31.8 Å². The molecule has 2 aromatic carbocycles. The molecule has 0 aliphatic heterocycles. The molecule has 0 atom stereocenters. The zero-order valence-corrected chi connectivity index (χ0v) is 19.7. The predicted molar refractivity (Wildman–Crippen MR) is 132 cm³/mol. The summed E-state index contributed by atoms with van der Waals surface area (Å²) in [5.74, 6) is 0.538. The Morgan fingerprint density at radius 2 is 1.97 bits per heavy atom. The summed E-state index contributed by atoms with van der Waals surface area (Å²) in [7, 11) is 1.64. The van der Waals surface area contributed by atoms with Gasteiger partial charge in [-0.25, -0.2) is 0 Å². The van der Waals surface area contributed by atoms with Crippen molar-refractivity contribution >= 4 is 22.4 Å². The molecule has 1 N–H and O–H groups in total. The Morgan fingerprint density at radius 3 is 2.67 bits per heavy atom. The van der Waals surface area contributed by atoms with E-state index < -0.39 is 0 Å². The zero-order valence-electron chi connectivity index (χ0n) is 19.7. The SMILES string of the molecule is COc1c(/C(C)=C/C(=O)NCc2cccnc2)cc2c(-c3ccc(C)cc3C)coc2c1C. The molecule has 168 valence electrons. The summed E-state index contributed by atoms with van der Waals surface area (Å²) in [5, 5.41) is 3.92. The number of fused-ring (bicyclic) bond motifs is 1. The van der Waals surface area contributed by atoms with E-state index in [9.17, 15) is 4.79 Å². The number of amides is 1. The molecule has 0 fully saturated rings. The molecule has 0 unspecified atom stereocenters. The summed E-state index contributed by atoms with van der Waals surface area (Å²) >= 11 is 0. The van der Waals surface area contributed by atoms with E-state index in [1.807, 2.05) is 26.0 Å². The minimum atomic E-state index is -0.169. The lowest BCUT2D eigenvalue weighted by Crippen LogP contribution is -2.20. The van der Waals surface area contributed by atoms with Crippen LogP contribution in [0.5, 0.6) is 5.75 Å². The van der Waals surface area contributed by atoms with E-state index in [-0.39, 0.29) is 5.91 Å². The lowest BCUT2D eigenvalue weighted by Gasteiger charge is -2.14. The number of aryl methyl sites for hydroxylation is 3. The van der Waals surface area contributed by atoms with Crippen LogP contribution in [0.4, 0.5) is 0 Å². The van der Waals surface area contributed by atoms with E-state index in [0.29, 0.717) is 12.3 Å². The molecule has 4 aromatic rings. The topological polar surface area (TPSA) is 64.4 Å². The van der Waals surface area contributed by atoms with Gasteiger partial charge in [0.1, 0.15) is 11.3 Å². The van der Waals surface area contributed by atoms with E-state index in [4.69, 9.17) is 9.15 Å². The molecule has 5 heteroatoms. The molecule has 0 saturated carbocycles. The number of allylic oxidation sites excluding steroid dienone is 1. The van der Waals surface area contributed by atoms with Crippen LogP contribution in [-0.2, 0) is 11.3 Å². The fourth-order valence-corrected chi connectivity index (χ4v) is 4.21. The Morgan fingerprint density at radius 1 is 1.15 bits per heavy atom. The van der Waals surface area contributed by atoms with Crippen LogP contribution in [0.15, 0.2) is 65.5 Å². The van der Waals surface area contributed by atoms with Gasteiger partial charge in [-0.2, -0.15) is 0 Å². The third-order valence-corrected chi connectivity index (χ3v) is 5.88. The molecule has 5 nitrogen and oxygen atoms in total. The number of ether oxygens (including phenoxy) is 1. The van der Waals surface area contributed by atoms with Crippen molar-refractivity contribution in [2.75, 3.05) is 7.11 Å². The second-order valence-corrected chi connectivity index (χ2v) is 8.33. The quantitative estimate of drug-likeness (QED) is 0.365. The van der Waals surface area contributed by atoms with Crippen LogP contribution in [0, 0.1) is 20.8 Å². The maximum Gasteiger partial charge on any atom is 0.244 e. The van der Waals surface area contributed by atoms with Crippen molar-refractivity contribution in [1.29, 1.82) is 0 Å². The summed E-state index contributed by atoms with van der Waals surface area (Å²) in [4.78, 5) is 16.7. The van der Waals surface area contributed by atoms with E-state index in [2.05, 4.69) is 48.4 Å². The first kappa shape index (κ1) is 22.3. The molecule has 0 saturated heterocycles. The van der Waals surface area contributed by atoms with Gasteiger partial charge in [0.15, 0.2) is 0 Å². The van der Waals surface area contributed by atoms with Gasteiger partial charge in [0, 0.05) is 47.1 Å². The van der Waals surface area contributed by atoms with Crippen molar-refractivity contribution in [1.82, 2.24) is 10.3 Å². The largest absolute Gasteiger partial charge is 0.496 e. The minimum Gasteiger partial charge on any atom is -0.496 e. The van der Waals surface area contributed by atoms with Crippen LogP contribution in [0.25, 0.3) is 27.7 Å². The fourth-order valence-electron chi connectivity index (χ4n) is 4.21. The van der Waals surface area contributed by atoms with Crippen LogP contribution >= 0.6 is 0 Å². The minimum absolute atomic E-state index is 0.169. The molecule has 33 heavy (non-hydrogen) atoms. The van der Waals surface area contributed by atoms with E-state index in [0.717, 1.165) is 44.4 Å². The molecule has 4 rings (SSSR count). The molecule has 0 radical (unpaired) electrons. The number of carbonyl (C=O) groups is 1. The van der Waals surface area contributed by atoms with Gasteiger partial charge in [0.2, 0.25) is 5.91 Å². The summed E-state index contributed by atoms with van der Waals surface area (Å²) < 4.78 is 11.7. The predicted octanol–water partition coefficient (Wildman–Crippen LogP) is 6.15. The van der Waals surface area contributed by atoms with Crippen LogP contribution in [0.2, 0.25) is 0 Å². The number of carbonyl (C=O) groups excluding carboxylic acids is 1. The zero-order chi connectivity index (χ0) is 23.5. The molecule has 2 aromatic heterocycles. The normalized spacial score (nSPS) is 11.6. The Kier molecular flexibility index (Phi) is 6.31. The highest BCUT2D eigenvalue weighted by molar-refractivity contribution is 6.02. The molecule has 0 aliphatic rings. The van der Waals surface area contributed by atoms with Gasteiger partial charge in [-0.3, -0.25) is 9.78 Å². The van der Waals surface area contributed by atoms with Crippen molar-refractivity contribution in [3.63, 3.8) is 0 Å². The number of methoxy groups -OCH3 is 1. The number of pyridine rings is 1. The van der Waals surface area contributed by atoms with Gasteiger partial charge in [0.25, 0.3) is 0 Å². The van der Waals surface area contributed by atoms with Gasteiger partial charge in [0.05, 0.1) is 13.4 Å². The standard InChI is InChI=1S/C28H28N2O3/c1-17-8-9-22(18(2)11-17)25-16-33-28-20(4)27(32-5)23(13-24(25)28)19(3)12-26(31)30-15-21-7-6-10-29-14-21/h6-14,16H,15H2,1-5H3,(H,30,31)/b19-12+. The van der Waals surface area contributed by atoms with Gasteiger partial charge in [-0.1, -0.05) is 29.8 Å². The molecular formula is C28H28N2O3. The fraction of sp³-hybridized carbons (Fsp3) is 0.214. The maximum absolute atomic E-state index is 12.6. The summed E-state index contributed by atoms with van der Waals surface area (Å²) in [5.41, 5.74) is 8.90.